The SMILES string of the molecule is CCC(=O)c1nnn(-c2c(F)cc(F)cc2Cl)c1CC. The molecule has 2 aromatic rings. The van der Waals surface area contributed by atoms with Crippen molar-refractivity contribution in [1.82, 2.24) is 15.0 Å². The highest BCUT2D eigenvalue weighted by Gasteiger charge is 2.21. The summed E-state index contributed by atoms with van der Waals surface area (Å²) in [7, 11) is 0. The van der Waals surface area contributed by atoms with E-state index in [-0.39, 0.29) is 28.6 Å². The molecule has 0 aliphatic heterocycles. The molecule has 4 nitrogen and oxygen atoms in total. The minimum absolute atomic E-state index is 0.104. The Kier molecular flexibility index (Phi) is 4.13. The molecule has 0 spiro atoms. The monoisotopic (exact) mass is 299 g/mol. The number of rotatable bonds is 4. The third-order valence-corrected chi connectivity index (χ3v) is 3.16. The molecule has 2 rings (SSSR count). The number of aromatic nitrogens is 3. The zero-order chi connectivity index (χ0) is 14.9. The molecule has 0 saturated carbocycles. The Bertz CT molecular complexity index is 647. The number of nitrogens with zero attached hydrogens (tertiary/aromatic N) is 3. The predicted molar refractivity (Wildman–Crippen MR) is 70.3 cm³/mol. The molecule has 1 aromatic heterocycles. The Balaban J connectivity index is 2.65. The van der Waals surface area contributed by atoms with Crippen molar-refractivity contribution in [2.45, 2.75) is 26.7 Å². The molecule has 106 valence electrons. The first-order valence-electron chi connectivity index (χ1n) is 6.12. The molecule has 0 aliphatic rings. The molecule has 0 fully saturated rings. The van der Waals surface area contributed by atoms with Crippen LogP contribution in [0.3, 0.4) is 0 Å². The fourth-order valence-corrected chi connectivity index (χ4v) is 2.19. The van der Waals surface area contributed by atoms with E-state index in [0.29, 0.717) is 18.2 Å². The second-order valence-electron chi connectivity index (χ2n) is 4.14. The fraction of sp³-hybridized carbons (Fsp3) is 0.308. The van der Waals surface area contributed by atoms with Crippen LogP contribution in [0, 0.1) is 11.6 Å². The number of carbonyl (C=O) groups is 1. The molecule has 1 heterocycles. The lowest BCUT2D eigenvalue weighted by Crippen LogP contribution is -2.08. The van der Waals surface area contributed by atoms with Gasteiger partial charge in [0.1, 0.15) is 11.5 Å². The topological polar surface area (TPSA) is 47.8 Å². The Morgan fingerprint density at radius 3 is 2.60 bits per heavy atom. The summed E-state index contributed by atoms with van der Waals surface area (Å²) in [6.45, 7) is 3.49. The van der Waals surface area contributed by atoms with Crippen molar-refractivity contribution in [3.63, 3.8) is 0 Å². The van der Waals surface area contributed by atoms with E-state index < -0.39 is 11.6 Å². The van der Waals surface area contributed by atoms with Crippen LogP contribution in [-0.4, -0.2) is 20.8 Å². The number of Topliss-reactive ketones (excluding diaryl/α,β-unsaturated/α-hetero) is 1. The van der Waals surface area contributed by atoms with E-state index in [0.717, 1.165) is 10.7 Å². The first-order chi connectivity index (χ1) is 9.49. The third-order valence-electron chi connectivity index (χ3n) is 2.88. The Morgan fingerprint density at radius 1 is 1.35 bits per heavy atom. The molecule has 0 atom stereocenters. The van der Waals surface area contributed by atoms with Crippen molar-refractivity contribution < 1.29 is 13.6 Å². The van der Waals surface area contributed by atoms with Gasteiger partial charge in [0.15, 0.2) is 17.3 Å². The maximum Gasteiger partial charge on any atom is 0.184 e. The van der Waals surface area contributed by atoms with Gasteiger partial charge in [0.05, 0.1) is 10.7 Å². The maximum atomic E-state index is 13.9. The van der Waals surface area contributed by atoms with E-state index in [2.05, 4.69) is 10.3 Å². The van der Waals surface area contributed by atoms with Crippen LogP contribution >= 0.6 is 11.6 Å². The van der Waals surface area contributed by atoms with Gasteiger partial charge in [-0.3, -0.25) is 4.79 Å². The predicted octanol–water partition coefficient (Wildman–Crippen LogP) is 3.35. The standard InChI is InChI=1S/C13H12ClF2N3O/c1-3-10-12(11(20)4-2)17-18-19(10)13-8(14)5-7(15)6-9(13)16/h5-6H,3-4H2,1-2H3. The van der Waals surface area contributed by atoms with Crippen molar-refractivity contribution in [3.05, 3.63) is 40.2 Å². The van der Waals surface area contributed by atoms with Gasteiger partial charge in [-0.25, -0.2) is 13.5 Å². The number of halogens is 3. The summed E-state index contributed by atoms with van der Waals surface area (Å²) in [6, 6.07) is 1.70. The fourth-order valence-electron chi connectivity index (χ4n) is 1.92. The van der Waals surface area contributed by atoms with Crippen molar-refractivity contribution in [2.24, 2.45) is 0 Å². The van der Waals surface area contributed by atoms with Gasteiger partial charge in [-0.05, 0) is 12.5 Å². The zero-order valence-corrected chi connectivity index (χ0v) is 11.7. The number of benzene rings is 1. The van der Waals surface area contributed by atoms with Crippen LogP contribution in [0.25, 0.3) is 5.69 Å². The summed E-state index contributed by atoms with van der Waals surface area (Å²) < 4.78 is 28.1. The molecule has 0 unspecified atom stereocenters. The summed E-state index contributed by atoms with van der Waals surface area (Å²) in [5.74, 6) is -1.82. The summed E-state index contributed by atoms with van der Waals surface area (Å²) in [4.78, 5) is 11.8. The van der Waals surface area contributed by atoms with Gasteiger partial charge in [0, 0.05) is 12.5 Å². The Labute approximate surface area is 119 Å². The van der Waals surface area contributed by atoms with Gasteiger partial charge in [-0.1, -0.05) is 30.7 Å². The minimum Gasteiger partial charge on any atom is -0.292 e. The normalized spacial score (nSPS) is 10.8. The minimum atomic E-state index is -0.856. The van der Waals surface area contributed by atoms with Gasteiger partial charge in [-0.15, -0.1) is 5.10 Å². The highest BCUT2D eigenvalue weighted by atomic mass is 35.5. The van der Waals surface area contributed by atoms with Crippen molar-refractivity contribution in [2.75, 3.05) is 0 Å². The lowest BCUT2D eigenvalue weighted by atomic mass is 10.1. The van der Waals surface area contributed by atoms with E-state index in [1.807, 2.05) is 0 Å². The average molecular weight is 300 g/mol. The maximum absolute atomic E-state index is 13.9. The molecule has 7 heteroatoms. The van der Waals surface area contributed by atoms with E-state index in [1.54, 1.807) is 13.8 Å². The highest BCUT2D eigenvalue weighted by molar-refractivity contribution is 6.32. The first-order valence-corrected chi connectivity index (χ1v) is 6.50. The van der Waals surface area contributed by atoms with E-state index in [9.17, 15) is 13.6 Å². The molecule has 0 bridgehead atoms. The van der Waals surface area contributed by atoms with Crippen LogP contribution in [-0.2, 0) is 6.42 Å². The molecular weight excluding hydrogens is 288 g/mol. The van der Waals surface area contributed by atoms with Crippen molar-refractivity contribution in [1.29, 1.82) is 0 Å². The van der Waals surface area contributed by atoms with Crippen LogP contribution in [0.1, 0.15) is 36.5 Å². The number of carbonyl (C=O) groups excluding carboxylic acids is 1. The summed E-state index contributed by atoms with van der Waals surface area (Å²) >= 11 is 5.87. The lowest BCUT2D eigenvalue weighted by molar-refractivity contribution is 0.0982. The van der Waals surface area contributed by atoms with E-state index >= 15 is 0 Å². The van der Waals surface area contributed by atoms with Gasteiger partial charge in [0.2, 0.25) is 0 Å². The number of hydrogen-bond donors (Lipinski definition) is 0. The molecule has 0 amide bonds. The van der Waals surface area contributed by atoms with Crippen molar-refractivity contribution >= 4 is 17.4 Å². The van der Waals surface area contributed by atoms with Crippen LogP contribution in [0.15, 0.2) is 12.1 Å². The number of ketones is 1. The van der Waals surface area contributed by atoms with Gasteiger partial charge in [0.25, 0.3) is 0 Å². The highest BCUT2D eigenvalue weighted by Crippen LogP contribution is 2.26. The zero-order valence-electron chi connectivity index (χ0n) is 11.0. The molecule has 1 aromatic carbocycles. The molecule has 0 aliphatic carbocycles. The van der Waals surface area contributed by atoms with Crippen LogP contribution < -0.4 is 0 Å². The molecule has 0 saturated heterocycles. The average Bonchev–Trinajstić information content (AvgIpc) is 2.80. The smallest absolute Gasteiger partial charge is 0.184 e. The van der Waals surface area contributed by atoms with Gasteiger partial charge in [-0.2, -0.15) is 0 Å². The van der Waals surface area contributed by atoms with E-state index in [1.165, 1.54) is 0 Å². The quantitative estimate of drug-likeness (QED) is 0.813. The van der Waals surface area contributed by atoms with Crippen LogP contribution in [0.4, 0.5) is 8.78 Å². The first kappa shape index (κ1) is 14.6. The summed E-state index contributed by atoms with van der Waals surface area (Å²) in [6.07, 6.45) is 0.687. The number of hydrogen-bond acceptors (Lipinski definition) is 3. The van der Waals surface area contributed by atoms with Crippen molar-refractivity contribution in [3.8, 4) is 5.69 Å². The molecular formula is C13H12ClF2N3O. The van der Waals surface area contributed by atoms with Gasteiger partial charge < -0.3 is 0 Å². The van der Waals surface area contributed by atoms with Crippen LogP contribution in [0.2, 0.25) is 5.02 Å². The molecule has 0 radical (unpaired) electrons. The molecule has 20 heavy (non-hydrogen) atoms. The Morgan fingerprint density at radius 2 is 2.05 bits per heavy atom. The van der Waals surface area contributed by atoms with E-state index in [4.69, 9.17) is 11.6 Å². The molecule has 0 N–H and O–H groups in total. The second kappa shape index (κ2) is 5.66. The summed E-state index contributed by atoms with van der Waals surface area (Å²) in [5, 5.41) is 7.43. The second-order valence-corrected chi connectivity index (χ2v) is 4.55. The van der Waals surface area contributed by atoms with Gasteiger partial charge >= 0.3 is 0 Å². The third kappa shape index (κ3) is 2.43. The van der Waals surface area contributed by atoms with Crippen LogP contribution in [0.5, 0.6) is 0 Å². The Hall–Kier alpha value is -1.82. The largest absolute Gasteiger partial charge is 0.292 e. The lowest BCUT2D eigenvalue weighted by Gasteiger charge is -2.09. The summed E-state index contributed by atoms with van der Waals surface area (Å²) in [5.41, 5.74) is 0.534.